The summed E-state index contributed by atoms with van der Waals surface area (Å²) < 4.78 is 28.3. The highest BCUT2D eigenvalue weighted by atomic mass is 32.2. The second-order valence-corrected chi connectivity index (χ2v) is 10.0. The molecule has 1 fully saturated rings. The van der Waals surface area contributed by atoms with E-state index >= 15 is 0 Å². The number of nitrogens with zero attached hydrogens (tertiary/aromatic N) is 1. The van der Waals surface area contributed by atoms with Crippen molar-refractivity contribution in [2.24, 2.45) is 11.7 Å². The Morgan fingerprint density at radius 3 is 2.10 bits per heavy atom. The zero-order valence-electron chi connectivity index (χ0n) is 18.4. The first-order valence-electron chi connectivity index (χ1n) is 10.3. The van der Waals surface area contributed by atoms with Crippen LogP contribution in [0.15, 0.2) is 35.2 Å². The Kier molecular flexibility index (Phi) is 6.52. The first-order valence-corrected chi connectivity index (χ1v) is 11.7. The zero-order chi connectivity index (χ0) is 22.9. The van der Waals surface area contributed by atoms with Crippen molar-refractivity contribution < 1.29 is 18.0 Å². The summed E-state index contributed by atoms with van der Waals surface area (Å²) in [5.74, 6) is -1.19. The zero-order valence-corrected chi connectivity index (χ0v) is 19.2. The maximum atomic E-state index is 13.4. The average Bonchev–Trinajstić information content (AvgIpc) is 2.72. The Bertz CT molecular complexity index is 1110. The van der Waals surface area contributed by atoms with Crippen LogP contribution in [-0.2, 0) is 14.8 Å². The van der Waals surface area contributed by atoms with Crippen LogP contribution in [0, 0.1) is 33.6 Å². The minimum Gasteiger partial charge on any atom is -0.366 e. The van der Waals surface area contributed by atoms with E-state index in [9.17, 15) is 18.0 Å². The molecule has 0 aromatic heterocycles. The number of carbonyl (C=O) groups is 2. The fourth-order valence-electron chi connectivity index (χ4n) is 4.10. The Balaban J connectivity index is 1.74. The minimum absolute atomic E-state index is 0.232. The molecule has 8 heteroatoms. The lowest BCUT2D eigenvalue weighted by atomic mass is 9.97. The molecule has 1 aliphatic heterocycles. The van der Waals surface area contributed by atoms with Crippen molar-refractivity contribution >= 4 is 27.5 Å². The van der Waals surface area contributed by atoms with Crippen LogP contribution < -0.4 is 11.1 Å². The van der Waals surface area contributed by atoms with Gasteiger partial charge in [0.1, 0.15) is 0 Å². The van der Waals surface area contributed by atoms with Crippen LogP contribution in [0.1, 0.15) is 45.5 Å². The maximum absolute atomic E-state index is 13.4. The molecule has 1 heterocycles. The number of nitrogens with two attached hydrogens (primary N) is 1. The third-order valence-corrected chi connectivity index (χ3v) is 8.34. The van der Waals surface area contributed by atoms with Gasteiger partial charge in [-0.3, -0.25) is 9.59 Å². The van der Waals surface area contributed by atoms with Gasteiger partial charge in [-0.25, -0.2) is 8.42 Å². The number of rotatable bonds is 5. The van der Waals surface area contributed by atoms with Gasteiger partial charge in [0.25, 0.3) is 5.91 Å². The predicted octanol–water partition coefficient (Wildman–Crippen LogP) is 3.06. The number of sulfonamides is 1. The molecule has 166 valence electrons. The van der Waals surface area contributed by atoms with E-state index in [-0.39, 0.29) is 30.5 Å². The Morgan fingerprint density at radius 1 is 1.00 bits per heavy atom. The number of amides is 2. The highest BCUT2D eigenvalue weighted by molar-refractivity contribution is 7.89. The van der Waals surface area contributed by atoms with Gasteiger partial charge >= 0.3 is 0 Å². The molecular weight excluding hydrogens is 414 g/mol. The van der Waals surface area contributed by atoms with Crippen LogP contribution in [0.5, 0.6) is 0 Å². The van der Waals surface area contributed by atoms with Crippen LogP contribution >= 0.6 is 0 Å². The number of anilines is 1. The van der Waals surface area contributed by atoms with Gasteiger partial charge in [0.05, 0.1) is 16.1 Å². The smallest absolute Gasteiger partial charge is 0.250 e. The molecule has 0 radical (unpaired) electrons. The lowest BCUT2D eigenvalue weighted by Gasteiger charge is -2.32. The number of hydrogen-bond donors (Lipinski definition) is 2. The predicted molar refractivity (Wildman–Crippen MR) is 120 cm³/mol. The monoisotopic (exact) mass is 443 g/mol. The standard InChI is InChI=1S/C23H29N3O4S/c1-14-13-15(2)17(4)21(16(14)3)31(29,30)26-11-9-18(10-12-26)23(28)25-20-8-6-5-7-19(20)22(24)27/h5-8,13,18H,9-12H2,1-4H3,(H2,24,27)(H,25,28). The second kappa shape index (κ2) is 8.80. The van der Waals surface area contributed by atoms with E-state index in [0.29, 0.717) is 23.4 Å². The Labute approximate surface area is 183 Å². The first-order chi connectivity index (χ1) is 14.5. The van der Waals surface area contributed by atoms with Gasteiger partial charge < -0.3 is 11.1 Å². The highest BCUT2D eigenvalue weighted by Crippen LogP contribution is 2.31. The van der Waals surface area contributed by atoms with Crippen molar-refractivity contribution in [3.05, 3.63) is 58.1 Å². The molecule has 0 aliphatic carbocycles. The van der Waals surface area contributed by atoms with Gasteiger partial charge in [-0.05, 0) is 74.9 Å². The summed E-state index contributed by atoms with van der Waals surface area (Å²) in [6, 6.07) is 8.58. The SMILES string of the molecule is Cc1cc(C)c(C)c(S(=O)(=O)N2CCC(C(=O)Nc3ccccc3C(N)=O)CC2)c1C. The van der Waals surface area contributed by atoms with E-state index in [1.165, 1.54) is 4.31 Å². The largest absolute Gasteiger partial charge is 0.366 e. The lowest BCUT2D eigenvalue weighted by Crippen LogP contribution is -2.42. The van der Waals surface area contributed by atoms with Crippen LogP contribution in [-0.4, -0.2) is 37.6 Å². The molecule has 3 rings (SSSR count). The summed E-state index contributed by atoms with van der Waals surface area (Å²) in [5.41, 5.74) is 9.43. The van der Waals surface area contributed by atoms with E-state index in [2.05, 4.69) is 5.32 Å². The summed E-state index contributed by atoms with van der Waals surface area (Å²) in [6.07, 6.45) is 0.819. The van der Waals surface area contributed by atoms with Gasteiger partial charge in [0.15, 0.2) is 0 Å². The Morgan fingerprint density at radius 2 is 1.55 bits per heavy atom. The van der Waals surface area contributed by atoms with Crippen molar-refractivity contribution in [2.75, 3.05) is 18.4 Å². The molecule has 2 amide bonds. The molecule has 0 spiro atoms. The fraction of sp³-hybridized carbons (Fsp3) is 0.391. The van der Waals surface area contributed by atoms with Crippen molar-refractivity contribution in [1.82, 2.24) is 4.31 Å². The van der Waals surface area contributed by atoms with Crippen molar-refractivity contribution in [2.45, 2.75) is 45.4 Å². The van der Waals surface area contributed by atoms with Gasteiger partial charge in [-0.2, -0.15) is 4.31 Å². The summed E-state index contributed by atoms with van der Waals surface area (Å²) in [4.78, 5) is 24.7. The third-order valence-electron chi connectivity index (χ3n) is 6.17. The molecule has 0 bridgehead atoms. The number of hydrogen-bond acceptors (Lipinski definition) is 4. The van der Waals surface area contributed by atoms with Crippen molar-refractivity contribution in [3.8, 4) is 0 Å². The van der Waals surface area contributed by atoms with E-state index in [4.69, 9.17) is 5.73 Å². The van der Waals surface area contributed by atoms with Crippen molar-refractivity contribution in [3.63, 3.8) is 0 Å². The van der Waals surface area contributed by atoms with Gasteiger partial charge in [0.2, 0.25) is 15.9 Å². The van der Waals surface area contributed by atoms with Crippen LogP contribution in [0.2, 0.25) is 0 Å². The molecule has 7 nitrogen and oxygen atoms in total. The second-order valence-electron chi connectivity index (χ2n) is 8.17. The topological polar surface area (TPSA) is 110 Å². The number of nitrogens with one attached hydrogen (secondary N) is 1. The number of piperidine rings is 1. The number of para-hydroxylation sites is 1. The summed E-state index contributed by atoms with van der Waals surface area (Å²) in [6.45, 7) is 8.05. The normalized spacial score (nSPS) is 15.6. The number of carbonyl (C=O) groups excluding carboxylic acids is 2. The number of primary amides is 1. The van der Waals surface area contributed by atoms with E-state index in [1.54, 1.807) is 24.3 Å². The number of aryl methyl sites for hydroxylation is 2. The average molecular weight is 444 g/mol. The maximum Gasteiger partial charge on any atom is 0.250 e. The quantitative estimate of drug-likeness (QED) is 0.740. The number of benzene rings is 2. The molecule has 3 N–H and O–H groups in total. The van der Waals surface area contributed by atoms with Crippen LogP contribution in [0.25, 0.3) is 0 Å². The fourth-order valence-corrected chi connectivity index (χ4v) is 6.14. The van der Waals surface area contributed by atoms with Crippen molar-refractivity contribution in [1.29, 1.82) is 0 Å². The lowest BCUT2D eigenvalue weighted by molar-refractivity contribution is -0.120. The minimum atomic E-state index is -3.65. The molecule has 2 aromatic rings. The van der Waals surface area contributed by atoms with Gasteiger partial charge in [-0.15, -0.1) is 0 Å². The van der Waals surface area contributed by atoms with E-state index < -0.39 is 15.9 Å². The van der Waals surface area contributed by atoms with Crippen LogP contribution in [0.3, 0.4) is 0 Å². The molecule has 1 aliphatic rings. The highest BCUT2D eigenvalue weighted by Gasteiger charge is 2.34. The van der Waals surface area contributed by atoms with E-state index in [0.717, 1.165) is 22.3 Å². The van der Waals surface area contributed by atoms with Gasteiger partial charge in [0, 0.05) is 19.0 Å². The molecular formula is C23H29N3O4S. The molecule has 31 heavy (non-hydrogen) atoms. The summed E-state index contributed by atoms with van der Waals surface area (Å²) >= 11 is 0. The van der Waals surface area contributed by atoms with Gasteiger partial charge in [-0.1, -0.05) is 18.2 Å². The van der Waals surface area contributed by atoms with Crippen LogP contribution in [0.4, 0.5) is 5.69 Å². The third kappa shape index (κ3) is 4.50. The molecule has 0 unspecified atom stereocenters. The Hall–Kier alpha value is -2.71. The first kappa shape index (κ1) is 23.0. The molecule has 0 atom stereocenters. The van der Waals surface area contributed by atoms with E-state index in [1.807, 2.05) is 33.8 Å². The molecule has 0 saturated carbocycles. The summed E-state index contributed by atoms with van der Waals surface area (Å²) in [7, 11) is -3.65. The molecule has 1 saturated heterocycles. The molecule has 2 aromatic carbocycles. The summed E-state index contributed by atoms with van der Waals surface area (Å²) in [5, 5.41) is 2.77.